The summed E-state index contributed by atoms with van der Waals surface area (Å²) in [6.45, 7) is 1.50. The van der Waals surface area contributed by atoms with Crippen molar-refractivity contribution in [3.63, 3.8) is 0 Å². The molecule has 110 valence electrons. The Morgan fingerprint density at radius 3 is 2.85 bits per heavy atom. The first kappa shape index (κ1) is 15.2. The number of rotatable bonds is 7. The maximum Gasteiger partial charge on any atom is 0.221 e. The highest BCUT2D eigenvalue weighted by Gasteiger charge is 2.17. The SMILES string of the molecule is O=C(CC1CCCN1)NCCS(=O)Cc1ccccc1. The zero-order valence-electron chi connectivity index (χ0n) is 11.6. The maximum atomic E-state index is 11.9. The van der Waals surface area contributed by atoms with Crippen LogP contribution in [-0.4, -0.2) is 35.0 Å². The molecule has 0 saturated carbocycles. The fraction of sp³-hybridized carbons (Fsp3) is 0.533. The summed E-state index contributed by atoms with van der Waals surface area (Å²) < 4.78 is 11.9. The van der Waals surface area contributed by atoms with E-state index < -0.39 is 10.8 Å². The van der Waals surface area contributed by atoms with Gasteiger partial charge in [-0.15, -0.1) is 0 Å². The quantitative estimate of drug-likeness (QED) is 0.794. The van der Waals surface area contributed by atoms with Crippen molar-refractivity contribution in [1.29, 1.82) is 0 Å². The van der Waals surface area contributed by atoms with Crippen LogP contribution < -0.4 is 10.6 Å². The van der Waals surface area contributed by atoms with E-state index in [1.165, 1.54) is 0 Å². The molecule has 1 aliphatic heterocycles. The Morgan fingerprint density at radius 2 is 2.15 bits per heavy atom. The molecule has 2 rings (SSSR count). The molecule has 1 aliphatic rings. The van der Waals surface area contributed by atoms with E-state index >= 15 is 0 Å². The molecule has 1 heterocycles. The highest BCUT2D eigenvalue weighted by Crippen LogP contribution is 2.08. The van der Waals surface area contributed by atoms with Crippen LogP contribution in [0, 0.1) is 0 Å². The number of carbonyl (C=O) groups is 1. The fourth-order valence-electron chi connectivity index (χ4n) is 2.36. The topological polar surface area (TPSA) is 58.2 Å². The average Bonchev–Trinajstić information content (AvgIpc) is 2.92. The molecule has 2 unspecified atom stereocenters. The third-order valence-corrected chi connectivity index (χ3v) is 4.73. The Morgan fingerprint density at radius 1 is 1.35 bits per heavy atom. The summed E-state index contributed by atoms with van der Waals surface area (Å²) in [5, 5.41) is 6.15. The van der Waals surface area contributed by atoms with Crippen LogP contribution in [0.5, 0.6) is 0 Å². The molecule has 0 aliphatic carbocycles. The van der Waals surface area contributed by atoms with Gasteiger partial charge in [0.2, 0.25) is 5.91 Å². The highest BCUT2D eigenvalue weighted by atomic mass is 32.2. The number of hydrogen-bond acceptors (Lipinski definition) is 3. The van der Waals surface area contributed by atoms with Gasteiger partial charge in [0.1, 0.15) is 0 Å². The monoisotopic (exact) mass is 294 g/mol. The Balaban J connectivity index is 1.60. The lowest BCUT2D eigenvalue weighted by molar-refractivity contribution is -0.121. The third-order valence-electron chi connectivity index (χ3n) is 3.42. The molecular formula is C15H22N2O2S. The van der Waals surface area contributed by atoms with Crippen LogP contribution in [0.4, 0.5) is 0 Å². The molecule has 1 fully saturated rings. The second-order valence-corrected chi connectivity index (χ2v) is 6.70. The zero-order valence-corrected chi connectivity index (χ0v) is 12.5. The molecule has 0 spiro atoms. The lowest BCUT2D eigenvalue weighted by Gasteiger charge is -2.10. The lowest BCUT2D eigenvalue weighted by atomic mass is 10.1. The van der Waals surface area contributed by atoms with E-state index in [0.29, 0.717) is 30.5 Å². The van der Waals surface area contributed by atoms with Gasteiger partial charge in [-0.25, -0.2) is 0 Å². The van der Waals surface area contributed by atoms with Crippen molar-refractivity contribution in [2.45, 2.75) is 31.1 Å². The van der Waals surface area contributed by atoms with Gasteiger partial charge in [-0.1, -0.05) is 30.3 Å². The molecule has 5 heteroatoms. The minimum Gasteiger partial charge on any atom is -0.355 e. The van der Waals surface area contributed by atoms with Gasteiger partial charge in [-0.2, -0.15) is 0 Å². The molecule has 1 saturated heterocycles. The summed E-state index contributed by atoms with van der Waals surface area (Å²) in [6.07, 6.45) is 2.76. The summed E-state index contributed by atoms with van der Waals surface area (Å²) in [6, 6.07) is 10.1. The number of nitrogens with one attached hydrogen (secondary N) is 2. The van der Waals surface area contributed by atoms with E-state index in [4.69, 9.17) is 0 Å². The first-order chi connectivity index (χ1) is 9.74. The van der Waals surface area contributed by atoms with Gasteiger partial charge in [-0.05, 0) is 24.9 Å². The van der Waals surface area contributed by atoms with E-state index in [1.54, 1.807) is 0 Å². The second-order valence-electron chi connectivity index (χ2n) is 5.12. The highest BCUT2D eigenvalue weighted by molar-refractivity contribution is 7.84. The van der Waals surface area contributed by atoms with Crippen molar-refractivity contribution in [2.75, 3.05) is 18.8 Å². The maximum absolute atomic E-state index is 11.9. The van der Waals surface area contributed by atoms with Crippen LogP contribution in [0.2, 0.25) is 0 Å². The molecule has 2 atom stereocenters. The van der Waals surface area contributed by atoms with Crippen LogP contribution in [0.3, 0.4) is 0 Å². The minimum atomic E-state index is -0.922. The van der Waals surface area contributed by atoms with Gasteiger partial charge in [0.05, 0.1) is 0 Å². The van der Waals surface area contributed by atoms with Crippen molar-refractivity contribution in [2.24, 2.45) is 0 Å². The Kier molecular flexibility index (Phi) is 6.21. The van der Waals surface area contributed by atoms with Crippen LogP contribution >= 0.6 is 0 Å². The Labute approximate surface area is 122 Å². The van der Waals surface area contributed by atoms with E-state index in [2.05, 4.69) is 10.6 Å². The van der Waals surface area contributed by atoms with Crippen LogP contribution in [0.1, 0.15) is 24.8 Å². The van der Waals surface area contributed by atoms with Gasteiger partial charge >= 0.3 is 0 Å². The fourth-order valence-corrected chi connectivity index (χ4v) is 3.40. The molecule has 0 aromatic heterocycles. The predicted molar refractivity (Wildman–Crippen MR) is 81.8 cm³/mol. The van der Waals surface area contributed by atoms with E-state index in [0.717, 1.165) is 24.9 Å². The normalized spacial score (nSPS) is 19.7. The van der Waals surface area contributed by atoms with Crippen molar-refractivity contribution in [3.05, 3.63) is 35.9 Å². The summed E-state index contributed by atoms with van der Waals surface area (Å²) in [4.78, 5) is 11.7. The minimum absolute atomic E-state index is 0.0566. The largest absolute Gasteiger partial charge is 0.355 e. The molecule has 1 aromatic carbocycles. The Bertz CT molecular complexity index is 444. The lowest BCUT2D eigenvalue weighted by Crippen LogP contribution is -2.33. The molecule has 1 amide bonds. The smallest absolute Gasteiger partial charge is 0.221 e. The summed E-state index contributed by atoms with van der Waals surface area (Å²) in [5.74, 6) is 1.13. The number of carbonyl (C=O) groups excluding carboxylic acids is 1. The zero-order chi connectivity index (χ0) is 14.2. The molecule has 2 N–H and O–H groups in total. The first-order valence-electron chi connectivity index (χ1n) is 7.13. The van der Waals surface area contributed by atoms with Gasteiger partial charge in [0.15, 0.2) is 0 Å². The average molecular weight is 294 g/mol. The standard InChI is InChI=1S/C15H22N2O2S/c18-15(11-14-7-4-8-16-14)17-9-10-20(19)12-13-5-2-1-3-6-13/h1-3,5-6,14,16H,4,7-12H2,(H,17,18). The number of amides is 1. The first-order valence-corrected chi connectivity index (χ1v) is 8.62. The van der Waals surface area contributed by atoms with E-state index in [-0.39, 0.29) is 5.91 Å². The van der Waals surface area contributed by atoms with E-state index in [1.807, 2.05) is 30.3 Å². The molecular weight excluding hydrogens is 272 g/mol. The van der Waals surface area contributed by atoms with Gasteiger partial charge in [0.25, 0.3) is 0 Å². The van der Waals surface area contributed by atoms with E-state index in [9.17, 15) is 9.00 Å². The molecule has 4 nitrogen and oxygen atoms in total. The third kappa shape index (κ3) is 5.43. The van der Waals surface area contributed by atoms with Gasteiger partial charge < -0.3 is 10.6 Å². The Hall–Kier alpha value is -1.20. The molecule has 20 heavy (non-hydrogen) atoms. The van der Waals surface area contributed by atoms with Crippen LogP contribution in [0.15, 0.2) is 30.3 Å². The summed E-state index contributed by atoms with van der Waals surface area (Å²) in [7, 11) is -0.922. The molecule has 0 radical (unpaired) electrons. The number of benzene rings is 1. The molecule has 1 aromatic rings. The second kappa shape index (κ2) is 8.17. The number of hydrogen-bond donors (Lipinski definition) is 2. The summed E-state index contributed by atoms with van der Waals surface area (Å²) in [5.41, 5.74) is 1.08. The summed E-state index contributed by atoms with van der Waals surface area (Å²) >= 11 is 0. The molecule has 0 bridgehead atoms. The van der Waals surface area contributed by atoms with Crippen LogP contribution in [-0.2, 0) is 21.3 Å². The van der Waals surface area contributed by atoms with Crippen molar-refractivity contribution >= 4 is 16.7 Å². The van der Waals surface area contributed by atoms with Crippen molar-refractivity contribution < 1.29 is 9.00 Å². The van der Waals surface area contributed by atoms with Crippen molar-refractivity contribution in [1.82, 2.24) is 10.6 Å². The van der Waals surface area contributed by atoms with Crippen LogP contribution in [0.25, 0.3) is 0 Å². The van der Waals surface area contributed by atoms with Crippen molar-refractivity contribution in [3.8, 4) is 0 Å². The van der Waals surface area contributed by atoms with Gasteiger partial charge in [0, 0.05) is 41.3 Å². The predicted octanol–water partition coefficient (Wildman–Crippen LogP) is 1.19. The van der Waals surface area contributed by atoms with Gasteiger partial charge in [-0.3, -0.25) is 9.00 Å².